The van der Waals surface area contributed by atoms with Crippen LogP contribution in [-0.2, 0) is 20.8 Å². The zero-order valence-corrected chi connectivity index (χ0v) is 15.4. The van der Waals surface area contributed by atoms with Gasteiger partial charge >= 0.3 is 11.9 Å². The van der Waals surface area contributed by atoms with Gasteiger partial charge < -0.3 is 19.5 Å². The Morgan fingerprint density at radius 3 is 2.00 bits per heavy atom. The molecule has 1 amide bonds. The third-order valence-electron chi connectivity index (χ3n) is 3.74. The molecule has 0 aliphatic heterocycles. The normalized spacial score (nSPS) is 11.2. The van der Waals surface area contributed by atoms with Crippen molar-refractivity contribution in [2.75, 3.05) is 14.2 Å². The minimum absolute atomic E-state index is 0.118. The van der Waals surface area contributed by atoms with Gasteiger partial charge in [0.15, 0.2) is 6.10 Å². The molecule has 0 fully saturated rings. The second kappa shape index (κ2) is 9.38. The van der Waals surface area contributed by atoms with Crippen LogP contribution in [0.4, 0.5) is 0 Å². The average Bonchev–Trinajstić information content (AvgIpc) is 2.71. The summed E-state index contributed by atoms with van der Waals surface area (Å²) in [5, 5.41) is 2.77. The minimum Gasteiger partial charge on any atom is -0.481 e. The van der Waals surface area contributed by atoms with Gasteiger partial charge in [-0.3, -0.25) is 4.79 Å². The average molecular weight is 371 g/mol. The first kappa shape index (κ1) is 20.0. The van der Waals surface area contributed by atoms with Crippen molar-refractivity contribution in [2.24, 2.45) is 0 Å². The highest BCUT2D eigenvalue weighted by Crippen LogP contribution is 2.20. The number of carbonyl (C=O) groups excluding carboxylic acids is 3. The Hall–Kier alpha value is -3.35. The van der Waals surface area contributed by atoms with Crippen LogP contribution in [0, 0.1) is 0 Å². The fourth-order valence-corrected chi connectivity index (χ4v) is 2.32. The van der Waals surface area contributed by atoms with Crippen molar-refractivity contribution in [3.8, 4) is 5.75 Å². The molecule has 0 heterocycles. The SMILES string of the molecule is COC(=O)c1cc(O[C@@H](C)C(=O)NCc2ccccc2)cc(C(=O)OC)c1. The molecule has 0 bridgehead atoms. The van der Waals surface area contributed by atoms with E-state index in [4.69, 9.17) is 4.74 Å². The van der Waals surface area contributed by atoms with Crippen LogP contribution in [0.1, 0.15) is 33.2 Å². The molecule has 0 saturated heterocycles. The highest BCUT2D eigenvalue weighted by Gasteiger charge is 2.18. The Morgan fingerprint density at radius 2 is 1.48 bits per heavy atom. The molecule has 7 nitrogen and oxygen atoms in total. The van der Waals surface area contributed by atoms with E-state index in [1.165, 1.54) is 32.4 Å². The second-order valence-electron chi connectivity index (χ2n) is 5.69. The van der Waals surface area contributed by atoms with Crippen LogP contribution >= 0.6 is 0 Å². The number of rotatable bonds is 7. The Kier molecular flexibility index (Phi) is 6.93. The minimum atomic E-state index is -0.841. The van der Waals surface area contributed by atoms with Crippen molar-refractivity contribution in [1.82, 2.24) is 5.32 Å². The van der Waals surface area contributed by atoms with E-state index in [0.717, 1.165) is 5.56 Å². The molecule has 0 aliphatic rings. The molecule has 0 aromatic heterocycles. The van der Waals surface area contributed by atoms with Crippen molar-refractivity contribution < 1.29 is 28.6 Å². The molecule has 7 heteroatoms. The zero-order chi connectivity index (χ0) is 19.8. The van der Waals surface area contributed by atoms with Gasteiger partial charge in [0, 0.05) is 6.54 Å². The summed E-state index contributed by atoms with van der Waals surface area (Å²) in [5.74, 6) is -1.42. The molecule has 142 valence electrons. The van der Waals surface area contributed by atoms with Crippen LogP contribution in [0.2, 0.25) is 0 Å². The number of hydrogen-bond donors (Lipinski definition) is 1. The Balaban J connectivity index is 2.10. The summed E-state index contributed by atoms with van der Waals surface area (Å²) in [5.41, 5.74) is 1.19. The van der Waals surface area contributed by atoms with E-state index in [1.54, 1.807) is 6.92 Å². The lowest BCUT2D eigenvalue weighted by Gasteiger charge is -2.16. The van der Waals surface area contributed by atoms with Gasteiger partial charge in [-0.2, -0.15) is 0 Å². The summed E-state index contributed by atoms with van der Waals surface area (Å²) in [7, 11) is 2.46. The monoisotopic (exact) mass is 371 g/mol. The van der Waals surface area contributed by atoms with Gasteiger partial charge in [0.2, 0.25) is 0 Å². The summed E-state index contributed by atoms with van der Waals surface area (Å²) in [6.07, 6.45) is -0.841. The molecule has 2 aromatic rings. The van der Waals surface area contributed by atoms with Gasteiger partial charge in [0.05, 0.1) is 25.3 Å². The number of carbonyl (C=O) groups is 3. The van der Waals surface area contributed by atoms with Crippen LogP contribution in [0.25, 0.3) is 0 Å². The van der Waals surface area contributed by atoms with Gasteiger partial charge in [0.25, 0.3) is 5.91 Å². The number of nitrogens with one attached hydrogen (secondary N) is 1. The summed E-state index contributed by atoms with van der Waals surface area (Å²) in [6.45, 7) is 1.94. The van der Waals surface area contributed by atoms with E-state index in [9.17, 15) is 14.4 Å². The van der Waals surface area contributed by atoms with Gasteiger partial charge in [-0.15, -0.1) is 0 Å². The molecule has 0 unspecified atom stereocenters. The van der Waals surface area contributed by atoms with E-state index in [-0.39, 0.29) is 22.8 Å². The van der Waals surface area contributed by atoms with Gasteiger partial charge in [-0.25, -0.2) is 9.59 Å². The molecule has 1 atom stereocenters. The maximum atomic E-state index is 12.3. The number of benzene rings is 2. The molecule has 0 aliphatic carbocycles. The lowest BCUT2D eigenvalue weighted by Crippen LogP contribution is -2.36. The first-order chi connectivity index (χ1) is 12.9. The molecule has 2 aromatic carbocycles. The maximum Gasteiger partial charge on any atom is 0.338 e. The molecule has 0 spiro atoms. The van der Waals surface area contributed by atoms with Gasteiger partial charge in [-0.05, 0) is 30.7 Å². The maximum absolute atomic E-state index is 12.3. The summed E-state index contributed by atoms with van der Waals surface area (Å²) < 4.78 is 15.0. The Morgan fingerprint density at radius 1 is 0.926 bits per heavy atom. The van der Waals surface area contributed by atoms with Crippen molar-refractivity contribution >= 4 is 17.8 Å². The van der Waals surface area contributed by atoms with Crippen LogP contribution in [0.3, 0.4) is 0 Å². The molecule has 2 rings (SSSR count). The van der Waals surface area contributed by atoms with Gasteiger partial charge in [-0.1, -0.05) is 30.3 Å². The van der Waals surface area contributed by atoms with E-state index in [1.807, 2.05) is 30.3 Å². The molecule has 1 N–H and O–H groups in total. The zero-order valence-electron chi connectivity index (χ0n) is 15.4. The number of amides is 1. The third kappa shape index (κ3) is 5.57. The molecular weight excluding hydrogens is 350 g/mol. The molecular formula is C20H21NO6. The van der Waals surface area contributed by atoms with Crippen molar-refractivity contribution in [2.45, 2.75) is 19.6 Å². The van der Waals surface area contributed by atoms with Crippen LogP contribution < -0.4 is 10.1 Å². The van der Waals surface area contributed by atoms with Crippen molar-refractivity contribution in [3.63, 3.8) is 0 Å². The lowest BCUT2D eigenvalue weighted by molar-refractivity contribution is -0.127. The quantitative estimate of drug-likeness (QED) is 0.752. The first-order valence-corrected chi connectivity index (χ1v) is 8.24. The Labute approximate surface area is 157 Å². The van der Waals surface area contributed by atoms with Crippen LogP contribution in [-0.4, -0.2) is 38.2 Å². The first-order valence-electron chi connectivity index (χ1n) is 8.24. The summed E-state index contributed by atoms with van der Waals surface area (Å²) in [4.78, 5) is 35.8. The third-order valence-corrected chi connectivity index (χ3v) is 3.74. The smallest absolute Gasteiger partial charge is 0.338 e. The largest absolute Gasteiger partial charge is 0.481 e. The lowest BCUT2D eigenvalue weighted by atomic mass is 10.1. The number of hydrogen-bond acceptors (Lipinski definition) is 6. The van der Waals surface area contributed by atoms with Crippen molar-refractivity contribution in [1.29, 1.82) is 0 Å². The predicted molar refractivity (Wildman–Crippen MR) is 97.5 cm³/mol. The highest BCUT2D eigenvalue weighted by molar-refractivity contribution is 5.96. The molecule has 0 radical (unpaired) electrons. The van der Waals surface area contributed by atoms with Crippen molar-refractivity contribution in [3.05, 3.63) is 65.2 Å². The summed E-state index contributed by atoms with van der Waals surface area (Å²) in [6, 6.07) is 13.6. The number of ether oxygens (including phenoxy) is 3. The van der Waals surface area contributed by atoms with Crippen LogP contribution in [0.5, 0.6) is 5.75 Å². The fraction of sp³-hybridized carbons (Fsp3) is 0.250. The highest BCUT2D eigenvalue weighted by atomic mass is 16.5. The van der Waals surface area contributed by atoms with E-state index in [0.29, 0.717) is 6.54 Å². The molecule has 0 saturated carbocycles. The number of methoxy groups -OCH3 is 2. The predicted octanol–water partition coefficient (Wildman–Crippen LogP) is 2.34. The fourth-order valence-electron chi connectivity index (χ4n) is 2.32. The topological polar surface area (TPSA) is 90.9 Å². The Bertz CT molecular complexity index is 784. The van der Waals surface area contributed by atoms with E-state index < -0.39 is 18.0 Å². The van der Waals surface area contributed by atoms with E-state index >= 15 is 0 Å². The number of esters is 2. The standard InChI is InChI=1S/C20H21NO6/c1-13(18(22)21-12-14-7-5-4-6-8-14)27-17-10-15(19(23)25-2)9-16(11-17)20(24)26-3/h4-11,13H,12H2,1-3H3,(H,21,22)/t13-/m0/s1. The van der Waals surface area contributed by atoms with Crippen LogP contribution in [0.15, 0.2) is 48.5 Å². The van der Waals surface area contributed by atoms with Gasteiger partial charge in [0.1, 0.15) is 5.75 Å². The second-order valence-corrected chi connectivity index (χ2v) is 5.69. The molecule has 27 heavy (non-hydrogen) atoms. The van der Waals surface area contributed by atoms with E-state index in [2.05, 4.69) is 14.8 Å². The summed E-state index contributed by atoms with van der Waals surface area (Å²) >= 11 is 0.